The van der Waals surface area contributed by atoms with Crippen molar-refractivity contribution in [3.63, 3.8) is 0 Å². The number of amides is 1. The maximum atomic E-state index is 12.9. The molecule has 0 saturated carbocycles. The number of likely N-dealkylation sites (tertiary alicyclic amines) is 1. The number of hydrogen-bond donors (Lipinski definition) is 0. The summed E-state index contributed by atoms with van der Waals surface area (Å²) in [6.45, 7) is 8.56. The number of carbonyl (C=O) groups excluding carboxylic acids is 1. The zero-order valence-electron chi connectivity index (χ0n) is 16.1. The van der Waals surface area contributed by atoms with Crippen molar-refractivity contribution in [2.45, 2.75) is 63.8 Å². The Labute approximate surface area is 157 Å². The summed E-state index contributed by atoms with van der Waals surface area (Å²) >= 11 is 0. The predicted molar refractivity (Wildman–Crippen MR) is 103 cm³/mol. The Morgan fingerprint density at radius 1 is 1.04 bits per heavy atom. The van der Waals surface area contributed by atoms with Crippen LogP contribution >= 0.6 is 0 Å². The van der Waals surface area contributed by atoms with Gasteiger partial charge in [0.15, 0.2) is 0 Å². The van der Waals surface area contributed by atoms with Gasteiger partial charge in [0.1, 0.15) is 0 Å². The number of carbonyl (C=O) groups is 1. The highest BCUT2D eigenvalue weighted by Crippen LogP contribution is 2.31. The lowest BCUT2D eigenvalue weighted by Gasteiger charge is -2.30. The van der Waals surface area contributed by atoms with Gasteiger partial charge in [-0.2, -0.15) is 4.31 Å². The van der Waals surface area contributed by atoms with Crippen LogP contribution in [0, 0.1) is 5.41 Å². The van der Waals surface area contributed by atoms with E-state index in [4.69, 9.17) is 0 Å². The summed E-state index contributed by atoms with van der Waals surface area (Å²) in [6, 6.07) is 6.76. The zero-order valence-corrected chi connectivity index (χ0v) is 16.9. The molecule has 3 rings (SSSR count). The standard InChI is InChI=1S/C20H30N2O3S/c1-20(2,3)15-17-7-6-14-22(17)19(23)16-8-10-18(11-9-16)26(24,25)21-12-4-5-13-21/h8-11,17H,4-7,12-15H2,1-3H3. The highest BCUT2D eigenvalue weighted by atomic mass is 32.2. The molecule has 5 nitrogen and oxygen atoms in total. The van der Waals surface area contributed by atoms with Gasteiger partial charge in [-0.15, -0.1) is 0 Å². The molecule has 1 unspecified atom stereocenters. The van der Waals surface area contributed by atoms with Crippen LogP contribution in [0.1, 0.15) is 63.2 Å². The van der Waals surface area contributed by atoms with Crippen LogP contribution in [0.3, 0.4) is 0 Å². The Morgan fingerprint density at radius 2 is 1.65 bits per heavy atom. The van der Waals surface area contributed by atoms with E-state index in [1.54, 1.807) is 24.3 Å². The van der Waals surface area contributed by atoms with Gasteiger partial charge < -0.3 is 4.90 Å². The average Bonchev–Trinajstić information content (AvgIpc) is 3.24. The lowest BCUT2D eigenvalue weighted by atomic mass is 9.87. The molecular weight excluding hydrogens is 348 g/mol. The summed E-state index contributed by atoms with van der Waals surface area (Å²) in [5.74, 6) is 0.0156. The van der Waals surface area contributed by atoms with Crippen LogP contribution in [-0.2, 0) is 10.0 Å². The van der Waals surface area contributed by atoms with Gasteiger partial charge in [-0.1, -0.05) is 20.8 Å². The van der Waals surface area contributed by atoms with Gasteiger partial charge in [0, 0.05) is 31.2 Å². The molecule has 0 N–H and O–H groups in total. The second kappa shape index (κ2) is 7.31. The number of nitrogens with zero attached hydrogens (tertiary/aromatic N) is 2. The smallest absolute Gasteiger partial charge is 0.254 e. The fraction of sp³-hybridized carbons (Fsp3) is 0.650. The van der Waals surface area contributed by atoms with Crippen molar-refractivity contribution in [1.29, 1.82) is 0 Å². The Balaban J connectivity index is 1.74. The van der Waals surface area contributed by atoms with E-state index in [-0.39, 0.29) is 22.3 Å². The molecule has 1 aromatic carbocycles. The molecule has 1 aromatic rings. The van der Waals surface area contributed by atoms with E-state index in [0.717, 1.165) is 38.6 Å². The third-order valence-corrected chi connectivity index (χ3v) is 7.20. The second-order valence-corrected chi connectivity index (χ2v) is 10.6. The molecule has 2 heterocycles. The third kappa shape index (κ3) is 4.12. The molecule has 2 aliphatic rings. The first-order chi connectivity index (χ1) is 12.2. The van der Waals surface area contributed by atoms with Crippen molar-refractivity contribution in [1.82, 2.24) is 9.21 Å². The van der Waals surface area contributed by atoms with Crippen LogP contribution in [-0.4, -0.2) is 49.2 Å². The molecular formula is C20H30N2O3S. The highest BCUT2D eigenvalue weighted by Gasteiger charge is 2.33. The van der Waals surface area contributed by atoms with E-state index in [2.05, 4.69) is 20.8 Å². The molecule has 0 aromatic heterocycles. The molecule has 26 heavy (non-hydrogen) atoms. The SMILES string of the molecule is CC(C)(C)CC1CCCN1C(=O)c1ccc(S(=O)(=O)N2CCCC2)cc1. The number of benzene rings is 1. The second-order valence-electron chi connectivity index (χ2n) is 8.69. The molecule has 2 aliphatic heterocycles. The Kier molecular flexibility index (Phi) is 5.45. The fourth-order valence-electron chi connectivity index (χ4n) is 4.04. The first-order valence-corrected chi connectivity index (χ1v) is 11.0. The number of hydrogen-bond acceptors (Lipinski definition) is 3. The molecule has 6 heteroatoms. The van der Waals surface area contributed by atoms with Gasteiger partial charge in [0.05, 0.1) is 4.90 Å². The lowest BCUT2D eigenvalue weighted by molar-refractivity contribution is 0.0704. The van der Waals surface area contributed by atoms with Crippen LogP contribution < -0.4 is 0 Å². The van der Waals surface area contributed by atoms with E-state index >= 15 is 0 Å². The van der Waals surface area contributed by atoms with Crippen LogP contribution in [0.15, 0.2) is 29.2 Å². The number of rotatable bonds is 4. The van der Waals surface area contributed by atoms with E-state index < -0.39 is 10.0 Å². The molecule has 0 bridgehead atoms. The van der Waals surface area contributed by atoms with Crippen molar-refractivity contribution >= 4 is 15.9 Å². The first-order valence-electron chi connectivity index (χ1n) is 9.60. The summed E-state index contributed by atoms with van der Waals surface area (Å²) in [5.41, 5.74) is 0.757. The molecule has 0 aliphatic carbocycles. The molecule has 0 spiro atoms. The third-order valence-electron chi connectivity index (χ3n) is 5.29. The molecule has 0 radical (unpaired) electrons. The topological polar surface area (TPSA) is 57.7 Å². The number of sulfonamides is 1. The lowest BCUT2D eigenvalue weighted by Crippen LogP contribution is -2.37. The normalized spacial score (nSPS) is 22.1. The van der Waals surface area contributed by atoms with Gasteiger partial charge in [0.2, 0.25) is 10.0 Å². The largest absolute Gasteiger partial charge is 0.336 e. The zero-order chi connectivity index (χ0) is 18.9. The maximum Gasteiger partial charge on any atom is 0.254 e. The van der Waals surface area contributed by atoms with Crippen molar-refractivity contribution in [3.8, 4) is 0 Å². The molecule has 2 fully saturated rings. The van der Waals surface area contributed by atoms with E-state index in [1.165, 1.54) is 4.31 Å². The predicted octanol–water partition coefficient (Wildman–Crippen LogP) is 3.51. The van der Waals surface area contributed by atoms with Gasteiger partial charge in [-0.3, -0.25) is 4.79 Å². The fourth-order valence-corrected chi connectivity index (χ4v) is 5.55. The molecule has 144 valence electrons. The van der Waals surface area contributed by atoms with Crippen LogP contribution in [0.25, 0.3) is 0 Å². The minimum Gasteiger partial charge on any atom is -0.336 e. The average molecular weight is 379 g/mol. The van der Waals surface area contributed by atoms with Crippen molar-refractivity contribution in [2.75, 3.05) is 19.6 Å². The summed E-state index contributed by atoms with van der Waals surface area (Å²) in [4.78, 5) is 15.2. The van der Waals surface area contributed by atoms with Crippen LogP contribution in [0.5, 0.6) is 0 Å². The van der Waals surface area contributed by atoms with E-state index in [0.29, 0.717) is 18.7 Å². The Bertz CT molecular complexity index is 744. The first kappa shape index (κ1) is 19.4. The summed E-state index contributed by atoms with van der Waals surface area (Å²) in [7, 11) is -3.43. The summed E-state index contributed by atoms with van der Waals surface area (Å²) in [6.07, 6.45) is 4.90. The minimum absolute atomic E-state index is 0.0156. The van der Waals surface area contributed by atoms with Crippen molar-refractivity contribution in [2.24, 2.45) is 5.41 Å². The van der Waals surface area contributed by atoms with Crippen LogP contribution in [0.2, 0.25) is 0 Å². The van der Waals surface area contributed by atoms with Crippen molar-refractivity contribution < 1.29 is 13.2 Å². The van der Waals surface area contributed by atoms with Gasteiger partial charge >= 0.3 is 0 Å². The maximum absolute atomic E-state index is 12.9. The van der Waals surface area contributed by atoms with E-state index in [1.807, 2.05) is 4.90 Å². The van der Waals surface area contributed by atoms with Gasteiger partial charge in [0.25, 0.3) is 5.91 Å². The summed E-state index contributed by atoms with van der Waals surface area (Å²) < 4.78 is 26.8. The Morgan fingerprint density at radius 3 is 2.23 bits per heavy atom. The monoisotopic (exact) mass is 378 g/mol. The quantitative estimate of drug-likeness (QED) is 0.805. The Hall–Kier alpha value is -1.40. The van der Waals surface area contributed by atoms with Crippen molar-refractivity contribution in [3.05, 3.63) is 29.8 Å². The molecule has 1 atom stereocenters. The highest BCUT2D eigenvalue weighted by molar-refractivity contribution is 7.89. The summed E-state index contributed by atoms with van der Waals surface area (Å²) in [5, 5.41) is 0. The van der Waals surface area contributed by atoms with Gasteiger partial charge in [-0.25, -0.2) is 8.42 Å². The van der Waals surface area contributed by atoms with E-state index in [9.17, 15) is 13.2 Å². The molecule has 2 saturated heterocycles. The van der Waals surface area contributed by atoms with Crippen LogP contribution in [0.4, 0.5) is 0 Å². The molecule has 1 amide bonds. The van der Waals surface area contributed by atoms with Gasteiger partial charge in [-0.05, 0) is 61.8 Å². The minimum atomic E-state index is -3.43.